The van der Waals surface area contributed by atoms with Gasteiger partial charge >= 0.3 is 6.03 Å². The van der Waals surface area contributed by atoms with Gasteiger partial charge in [-0.3, -0.25) is 4.79 Å². The molecule has 0 aliphatic heterocycles. The highest BCUT2D eigenvalue weighted by molar-refractivity contribution is 5.76. The molecule has 0 saturated heterocycles. The van der Waals surface area contributed by atoms with E-state index in [0.29, 0.717) is 50.4 Å². The molecular weight excluding hydrogens is 318 g/mol. The molecule has 0 spiro atoms. The molecule has 0 heterocycles. The fourth-order valence-corrected chi connectivity index (χ4v) is 3.53. The van der Waals surface area contributed by atoms with Crippen LogP contribution in [0.1, 0.15) is 40.5 Å². The maximum absolute atomic E-state index is 12.1. The molecule has 3 atom stereocenters. The van der Waals surface area contributed by atoms with Crippen LogP contribution in [-0.2, 0) is 9.53 Å². The van der Waals surface area contributed by atoms with Gasteiger partial charge < -0.3 is 20.7 Å². The molecule has 0 radical (unpaired) electrons. The Morgan fingerprint density at radius 1 is 1.28 bits per heavy atom. The Morgan fingerprint density at radius 2 is 2.00 bits per heavy atom. The van der Waals surface area contributed by atoms with Gasteiger partial charge in [0.1, 0.15) is 0 Å². The highest BCUT2D eigenvalue weighted by Gasteiger charge is 2.32. The van der Waals surface area contributed by atoms with Gasteiger partial charge in [-0.2, -0.15) is 0 Å². The molecule has 1 aliphatic carbocycles. The topological polar surface area (TPSA) is 79.5 Å². The summed E-state index contributed by atoms with van der Waals surface area (Å²) in [5.41, 5.74) is 1.25. The summed E-state index contributed by atoms with van der Waals surface area (Å²) in [5, 5.41) is 8.63. The van der Waals surface area contributed by atoms with Gasteiger partial charge in [0.15, 0.2) is 0 Å². The average Bonchev–Trinajstić information content (AvgIpc) is 2.55. The second-order valence-corrected chi connectivity index (χ2v) is 7.20. The van der Waals surface area contributed by atoms with Crippen LogP contribution in [-0.4, -0.2) is 45.3 Å². The number of methoxy groups -OCH3 is 1. The molecule has 3 N–H and O–H groups in total. The zero-order valence-electron chi connectivity index (χ0n) is 16.4. The first kappa shape index (κ1) is 21.5. The standard InChI is InChI=1S/C19H35N3O3/c1-6-20-19(24)22-12-16-9-14(4)15(10-17(16)13(2)3)11-18(23)21-7-8-25-5/h9,13,15-17H,6-8,10-12H2,1-5H3,(H,21,23)(H2,20,22,24)/t15-,16-,17-/m0/s1. The van der Waals surface area contributed by atoms with E-state index in [4.69, 9.17) is 4.74 Å². The summed E-state index contributed by atoms with van der Waals surface area (Å²) in [6.45, 7) is 10.8. The van der Waals surface area contributed by atoms with Gasteiger partial charge in [0.25, 0.3) is 0 Å². The number of carbonyl (C=O) groups excluding carboxylic acids is 2. The number of allylic oxidation sites excluding steroid dienone is 1. The molecule has 0 aromatic rings. The fraction of sp³-hybridized carbons (Fsp3) is 0.789. The van der Waals surface area contributed by atoms with E-state index < -0.39 is 0 Å². The van der Waals surface area contributed by atoms with E-state index in [1.54, 1.807) is 7.11 Å². The molecule has 25 heavy (non-hydrogen) atoms. The maximum atomic E-state index is 12.1. The van der Waals surface area contributed by atoms with Crippen molar-refractivity contribution in [2.75, 3.05) is 33.4 Å². The smallest absolute Gasteiger partial charge is 0.314 e. The van der Waals surface area contributed by atoms with Gasteiger partial charge in [-0.05, 0) is 43.9 Å². The van der Waals surface area contributed by atoms with Crippen molar-refractivity contribution in [2.45, 2.75) is 40.5 Å². The van der Waals surface area contributed by atoms with E-state index >= 15 is 0 Å². The van der Waals surface area contributed by atoms with Crippen molar-refractivity contribution in [3.63, 3.8) is 0 Å². The summed E-state index contributed by atoms with van der Waals surface area (Å²) in [7, 11) is 1.63. The summed E-state index contributed by atoms with van der Waals surface area (Å²) in [6, 6.07) is -0.115. The van der Waals surface area contributed by atoms with Crippen molar-refractivity contribution in [1.29, 1.82) is 0 Å². The van der Waals surface area contributed by atoms with E-state index in [-0.39, 0.29) is 17.9 Å². The molecule has 0 bridgehead atoms. The Labute approximate surface area is 152 Å². The third-order valence-electron chi connectivity index (χ3n) is 4.98. The Kier molecular flexibility index (Phi) is 9.57. The maximum Gasteiger partial charge on any atom is 0.314 e. The second-order valence-electron chi connectivity index (χ2n) is 7.20. The summed E-state index contributed by atoms with van der Waals surface area (Å²) in [6.07, 6.45) is 3.76. The minimum absolute atomic E-state index is 0.0798. The quantitative estimate of drug-likeness (QED) is 0.440. The number of ether oxygens (including phenoxy) is 1. The molecule has 1 aliphatic rings. The molecular formula is C19H35N3O3. The van der Waals surface area contributed by atoms with Gasteiger partial charge in [-0.25, -0.2) is 4.79 Å². The van der Waals surface area contributed by atoms with Crippen LogP contribution in [0.5, 0.6) is 0 Å². The van der Waals surface area contributed by atoms with E-state index in [9.17, 15) is 9.59 Å². The van der Waals surface area contributed by atoms with Crippen LogP contribution in [0, 0.1) is 23.7 Å². The minimum Gasteiger partial charge on any atom is -0.383 e. The normalized spacial score (nSPS) is 23.1. The van der Waals surface area contributed by atoms with E-state index in [1.807, 2.05) is 6.92 Å². The average molecular weight is 354 g/mol. The van der Waals surface area contributed by atoms with Crippen molar-refractivity contribution in [2.24, 2.45) is 23.7 Å². The predicted molar refractivity (Wildman–Crippen MR) is 100 cm³/mol. The monoisotopic (exact) mass is 353 g/mol. The van der Waals surface area contributed by atoms with Gasteiger partial charge in [0.05, 0.1) is 6.61 Å². The highest BCUT2D eigenvalue weighted by Crippen LogP contribution is 2.38. The molecule has 0 saturated carbocycles. The van der Waals surface area contributed by atoms with Crippen LogP contribution in [0.3, 0.4) is 0 Å². The first-order valence-corrected chi connectivity index (χ1v) is 9.34. The van der Waals surface area contributed by atoms with Gasteiger partial charge in [-0.1, -0.05) is 25.5 Å². The number of urea groups is 1. The van der Waals surface area contributed by atoms with Crippen molar-refractivity contribution < 1.29 is 14.3 Å². The van der Waals surface area contributed by atoms with Gasteiger partial charge in [-0.15, -0.1) is 0 Å². The first-order valence-electron chi connectivity index (χ1n) is 9.34. The van der Waals surface area contributed by atoms with Crippen molar-refractivity contribution >= 4 is 11.9 Å². The molecule has 1 rings (SSSR count). The molecule has 0 aromatic heterocycles. The first-order chi connectivity index (χ1) is 11.9. The van der Waals surface area contributed by atoms with Gasteiger partial charge in [0.2, 0.25) is 5.91 Å². The lowest BCUT2D eigenvalue weighted by atomic mass is 9.70. The largest absolute Gasteiger partial charge is 0.383 e. The molecule has 0 fully saturated rings. The molecule has 6 heteroatoms. The molecule has 144 valence electrons. The number of rotatable bonds is 9. The zero-order valence-corrected chi connectivity index (χ0v) is 16.4. The number of amides is 3. The Bertz CT molecular complexity index is 463. The van der Waals surface area contributed by atoms with E-state index in [2.05, 4.69) is 42.8 Å². The lowest BCUT2D eigenvalue weighted by Gasteiger charge is -2.37. The van der Waals surface area contributed by atoms with Crippen LogP contribution in [0.4, 0.5) is 4.79 Å². The number of hydrogen-bond donors (Lipinski definition) is 3. The summed E-state index contributed by atoms with van der Waals surface area (Å²) in [4.78, 5) is 23.8. The van der Waals surface area contributed by atoms with Crippen molar-refractivity contribution in [3.05, 3.63) is 11.6 Å². The van der Waals surface area contributed by atoms with Crippen LogP contribution >= 0.6 is 0 Å². The highest BCUT2D eigenvalue weighted by atomic mass is 16.5. The third-order valence-corrected chi connectivity index (χ3v) is 4.98. The Morgan fingerprint density at radius 3 is 2.60 bits per heavy atom. The van der Waals surface area contributed by atoms with Crippen LogP contribution < -0.4 is 16.0 Å². The van der Waals surface area contributed by atoms with Crippen molar-refractivity contribution in [3.8, 4) is 0 Å². The molecule has 0 aromatic carbocycles. The van der Waals surface area contributed by atoms with E-state index in [1.165, 1.54) is 5.57 Å². The lowest BCUT2D eigenvalue weighted by Crippen LogP contribution is -2.41. The lowest BCUT2D eigenvalue weighted by molar-refractivity contribution is -0.122. The Hall–Kier alpha value is -1.56. The predicted octanol–water partition coefficient (Wildman–Crippen LogP) is 2.31. The van der Waals surface area contributed by atoms with Crippen LogP contribution in [0.2, 0.25) is 0 Å². The molecule has 6 nitrogen and oxygen atoms in total. The summed E-state index contributed by atoms with van der Waals surface area (Å²) in [5.74, 6) is 1.63. The van der Waals surface area contributed by atoms with E-state index in [0.717, 1.165) is 6.42 Å². The number of carbonyl (C=O) groups is 2. The second kappa shape index (κ2) is 11.1. The number of nitrogens with one attached hydrogen (secondary N) is 3. The fourth-order valence-electron chi connectivity index (χ4n) is 3.53. The minimum atomic E-state index is -0.115. The summed E-state index contributed by atoms with van der Waals surface area (Å²) >= 11 is 0. The SMILES string of the molecule is CCNC(=O)NC[C@@H]1C=C(C)[C@H](CC(=O)NCCOC)C[C@H]1C(C)C. The Balaban J connectivity index is 2.66. The molecule has 3 amide bonds. The third kappa shape index (κ3) is 7.46. The number of hydrogen-bond acceptors (Lipinski definition) is 3. The van der Waals surface area contributed by atoms with Crippen LogP contribution in [0.25, 0.3) is 0 Å². The molecule has 0 unspecified atom stereocenters. The zero-order chi connectivity index (χ0) is 18.8. The van der Waals surface area contributed by atoms with Crippen molar-refractivity contribution in [1.82, 2.24) is 16.0 Å². The van der Waals surface area contributed by atoms with Crippen LogP contribution in [0.15, 0.2) is 11.6 Å². The van der Waals surface area contributed by atoms with Gasteiger partial charge in [0, 0.05) is 33.2 Å². The summed E-state index contributed by atoms with van der Waals surface area (Å²) < 4.78 is 4.96.